The summed E-state index contributed by atoms with van der Waals surface area (Å²) in [5.74, 6) is 0.0407. The normalized spacial score (nSPS) is 13.0. The van der Waals surface area contributed by atoms with Crippen LogP contribution in [-0.2, 0) is 6.18 Å². The molecule has 0 saturated carbocycles. The van der Waals surface area contributed by atoms with Crippen molar-refractivity contribution in [2.24, 2.45) is 0 Å². The number of benzene rings is 2. The first kappa shape index (κ1) is 19.6. The number of rotatable bonds is 4. The van der Waals surface area contributed by atoms with E-state index in [9.17, 15) is 22.8 Å². The first-order valence-corrected chi connectivity index (χ1v) is 8.87. The van der Waals surface area contributed by atoms with Crippen LogP contribution < -0.4 is 19.5 Å². The summed E-state index contributed by atoms with van der Waals surface area (Å²) in [4.78, 5) is 27.1. The van der Waals surface area contributed by atoms with Crippen molar-refractivity contribution in [1.82, 2.24) is 4.98 Å². The molecule has 3 rings (SSSR count). The second-order valence-electron chi connectivity index (χ2n) is 5.76. The van der Waals surface area contributed by atoms with Crippen LogP contribution in [-0.4, -0.2) is 17.9 Å². The van der Waals surface area contributed by atoms with Crippen molar-refractivity contribution in [1.29, 1.82) is 0 Å². The third kappa shape index (κ3) is 4.40. The number of aromatic amines is 1. The Hall–Kier alpha value is -3.13. The number of thiazole rings is 1. The minimum Gasteiger partial charge on any atom is -0.496 e. The van der Waals surface area contributed by atoms with Gasteiger partial charge in [0.25, 0.3) is 5.56 Å². The van der Waals surface area contributed by atoms with Gasteiger partial charge in [-0.3, -0.25) is 9.59 Å². The number of carbonyl (C=O) groups is 1. The maximum Gasteiger partial charge on any atom is 0.416 e. The van der Waals surface area contributed by atoms with Crippen molar-refractivity contribution in [3.05, 3.63) is 84.8 Å². The number of methoxy groups -OCH3 is 1. The lowest BCUT2D eigenvalue weighted by Gasteiger charge is -2.06. The molecule has 0 aliphatic rings. The summed E-state index contributed by atoms with van der Waals surface area (Å²) < 4.78 is 44.1. The van der Waals surface area contributed by atoms with Crippen LogP contribution in [0.4, 0.5) is 13.2 Å². The van der Waals surface area contributed by atoms with Gasteiger partial charge in [-0.25, -0.2) is 0 Å². The highest BCUT2D eigenvalue weighted by Gasteiger charge is 2.30. The molecule has 2 aromatic carbocycles. The molecule has 8 heteroatoms. The van der Waals surface area contributed by atoms with E-state index >= 15 is 0 Å². The second kappa shape index (κ2) is 7.85. The lowest BCUT2D eigenvalue weighted by Crippen LogP contribution is -2.20. The van der Waals surface area contributed by atoms with Crippen molar-refractivity contribution >= 4 is 29.3 Å². The fourth-order valence-electron chi connectivity index (χ4n) is 2.53. The Labute approximate surface area is 161 Å². The molecule has 0 fully saturated rings. The van der Waals surface area contributed by atoms with Crippen LogP contribution >= 0.6 is 11.3 Å². The molecule has 1 N–H and O–H groups in total. The summed E-state index contributed by atoms with van der Waals surface area (Å²) in [5, 5.41) is 0. The fourth-order valence-corrected chi connectivity index (χ4v) is 3.41. The SMILES string of the molecule is COc1ccccc1C(=O)/C=c1\[nH]c(=O)/c(=C\c2cccc(C(F)(F)F)c2)s1. The maximum atomic E-state index is 12.8. The van der Waals surface area contributed by atoms with E-state index in [1.165, 1.54) is 31.4 Å². The Morgan fingerprint density at radius 2 is 1.89 bits per heavy atom. The largest absolute Gasteiger partial charge is 0.496 e. The molecule has 0 spiro atoms. The summed E-state index contributed by atoms with van der Waals surface area (Å²) in [7, 11) is 1.45. The number of H-pyrrole nitrogens is 1. The highest BCUT2D eigenvalue weighted by atomic mass is 32.1. The zero-order chi connectivity index (χ0) is 20.3. The number of nitrogens with one attached hydrogen (secondary N) is 1. The smallest absolute Gasteiger partial charge is 0.416 e. The maximum absolute atomic E-state index is 12.8. The Morgan fingerprint density at radius 3 is 2.61 bits per heavy atom. The molecule has 0 aliphatic carbocycles. The molecule has 0 amide bonds. The van der Waals surface area contributed by atoms with Crippen molar-refractivity contribution < 1.29 is 22.7 Å². The van der Waals surface area contributed by atoms with Gasteiger partial charge in [0, 0.05) is 6.08 Å². The van der Waals surface area contributed by atoms with Gasteiger partial charge in [-0.2, -0.15) is 13.2 Å². The van der Waals surface area contributed by atoms with Gasteiger partial charge in [0.1, 0.15) is 5.75 Å². The number of para-hydroxylation sites is 1. The zero-order valence-corrected chi connectivity index (χ0v) is 15.4. The van der Waals surface area contributed by atoms with Gasteiger partial charge < -0.3 is 9.72 Å². The van der Waals surface area contributed by atoms with Crippen LogP contribution in [0.3, 0.4) is 0 Å². The number of alkyl halides is 3. The Bertz CT molecular complexity index is 1190. The quantitative estimate of drug-likeness (QED) is 0.679. The minimum atomic E-state index is -4.47. The zero-order valence-electron chi connectivity index (χ0n) is 14.5. The fraction of sp³-hybridized carbons (Fsp3) is 0.100. The van der Waals surface area contributed by atoms with Gasteiger partial charge >= 0.3 is 6.18 Å². The van der Waals surface area contributed by atoms with Gasteiger partial charge in [0.2, 0.25) is 0 Å². The first-order chi connectivity index (χ1) is 13.3. The molecule has 0 bridgehead atoms. The standard InChI is InChI=1S/C20H14F3NO3S/c1-27-16-8-3-2-7-14(16)15(25)11-18-24-19(26)17(28-18)10-12-5-4-6-13(9-12)20(21,22)23/h2-11H,1H3,(H,24,26)/b17-10+,18-11+. The van der Waals surface area contributed by atoms with Crippen molar-refractivity contribution in [3.63, 3.8) is 0 Å². The van der Waals surface area contributed by atoms with E-state index in [1.807, 2.05) is 0 Å². The molecule has 0 atom stereocenters. The minimum absolute atomic E-state index is 0.193. The van der Waals surface area contributed by atoms with Crippen LogP contribution in [0.15, 0.2) is 53.3 Å². The third-order valence-electron chi connectivity index (χ3n) is 3.83. The predicted octanol–water partition coefficient (Wildman–Crippen LogP) is 2.96. The summed E-state index contributed by atoms with van der Waals surface area (Å²) in [6, 6.07) is 11.3. The number of hydrogen-bond acceptors (Lipinski definition) is 4. The Morgan fingerprint density at radius 1 is 1.14 bits per heavy atom. The number of Topliss-reactive ketones (excluding diaryl/α,β-unsaturated/α-hetero) is 1. The van der Waals surface area contributed by atoms with Crippen LogP contribution in [0.2, 0.25) is 0 Å². The highest BCUT2D eigenvalue weighted by molar-refractivity contribution is 7.07. The van der Waals surface area contributed by atoms with E-state index in [-0.39, 0.29) is 15.9 Å². The Balaban J connectivity index is 2.00. The summed E-state index contributed by atoms with van der Waals surface area (Å²) >= 11 is 0.982. The topological polar surface area (TPSA) is 59.2 Å². The average Bonchev–Trinajstić information content (AvgIpc) is 3.00. The molecular formula is C20H14F3NO3S. The summed E-state index contributed by atoms with van der Waals surface area (Å²) in [6.45, 7) is 0. The van der Waals surface area contributed by atoms with Gasteiger partial charge in [0.05, 0.1) is 27.4 Å². The van der Waals surface area contributed by atoms with Gasteiger partial charge in [0.15, 0.2) is 5.78 Å². The van der Waals surface area contributed by atoms with Crippen LogP contribution in [0.25, 0.3) is 12.2 Å². The summed E-state index contributed by atoms with van der Waals surface area (Å²) in [6.07, 6.45) is -1.86. The molecule has 0 saturated heterocycles. The summed E-state index contributed by atoms with van der Waals surface area (Å²) in [5.41, 5.74) is -0.707. The number of ether oxygens (including phenoxy) is 1. The average molecular weight is 405 g/mol. The van der Waals surface area contributed by atoms with E-state index in [0.29, 0.717) is 16.0 Å². The van der Waals surface area contributed by atoms with E-state index in [2.05, 4.69) is 4.98 Å². The molecule has 1 heterocycles. The van der Waals surface area contributed by atoms with E-state index in [0.717, 1.165) is 23.5 Å². The van der Waals surface area contributed by atoms with Crippen molar-refractivity contribution in [2.45, 2.75) is 6.18 Å². The molecule has 0 aliphatic heterocycles. The van der Waals surface area contributed by atoms with Crippen molar-refractivity contribution in [3.8, 4) is 5.75 Å². The lowest BCUT2D eigenvalue weighted by molar-refractivity contribution is -0.137. The van der Waals surface area contributed by atoms with Gasteiger partial charge in [-0.1, -0.05) is 24.3 Å². The molecule has 0 radical (unpaired) electrons. The highest BCUT2D eigenvalue weighted by Crippen LogP contribution is 2.29. The van der Waals surface area contributed by atoms with Crippen molar-refractivity contribution in [2.75, 3.05) is 7.11 Å². The number of carbonyl (C=O) groups excluding carboxylic acids is 1. The monoisotopic (exact) mass is 405 g/mol. The predicted molar refractivity (Wildman–Crippen MR) is 101 cm³/mol. The number of aromatic nitrogens is 1. The molecule has 3 aromatic rings. The van der Waals surface area contributed by atoms with E-state index in [1.54, 1.807) is 24.3 Å². The first-order valence-electron chi connectivity index (χ1n) is 8.05. The molecular weight excluding hydrogens is 391 g/mol. The van der Waals surface area contributed by atoms with Gasteiger partial charge in [-0.15, -0.1) is 11.3 Å². The van der Waals surface area contributed by atoms with E-state index in [4.69, 9.17) is 4.74 Å². The molecule has 0 unspecified atom stereocenters. The third-order valence-corrected chi connectivity index (χ3v) is 4.79. The number of hydrogen-bond donors (Lipinski definition) is 1. The molecule has 144 valence electrons. The Kier molecular flexibility index (Phi) is 5.51. The van der Waals surface area contributed by atoms with Gasteiger partial charge in [-0.05, 0) is 35.9 Å². The van der Waals surface area contributed by atoms with Crippen LogP contribution in [0.5, 0.6) is 5.75 Å². The second-order valence-corrected chi connectivity index (χ2v) is 6.84. The number of ketones is 1. The lowest BCUT2D eigenvalue weighted by atomic mass is 10.1. The van der Waals surface area contributed by atoms with Crippen LogP contribution in [0, 0.1) is 0 Å². The molecule has 4 nitrogen and oxygen atoms in total. The molecule has 1 aromatic heterocycles. The van der Waals surface area contributed by atoms with Crippen LogP contribution in [0.1, 0.15) is 21.5 Å². The van der Waals surface area contributed by atoms with E-state index < -0.39 is 17.3 Å². The molecule has 28 heavy (non-hydrogen) atoms. The number of halogens is 3.